The number of ether oxygens (including phenoxy) is 8. The molecular formula is C31H36O11. The lowest BCUT2D eigenvalue weighted by Gasteiger charge is -2.26. The summed E-state index contributed by atoms with van der Waals surface area (Å²) >= 11 is 0. The fraction of sp³-hybridized carbons (Fsp3) is 0.419. The van der Waals surface area contributed by atoms with Crippen LogP contribution in [0.3, 0.4) is 0 Å². The average Bonchev–Trinajstić information content (AvgIpc) is 3.62. The van der Waals surface area contributed by atoms with Gasteiger partial charge in [0.15, 0.2) is 34.5 Å². The molecule has 0 saturated carbocycles. The summed E-state index contributed by atoms with van der Waals surface area (Å²) in [5.41, 5.74) is 2.16. The normalized spacial score (nSPS) is 22.7. The van der Waals surface area contributed by atoms with Crippen molar-refractivity contribution in [3.63, 3.8) is 0 Å². The molecule has 2 heterocycles. The van der Waals surface area contributed by atoms with Crippen molar-refractivity contribution in [2.75, 3.05) is 48.8 Å². The molecule has 2 aliphatic rings. The second-order valence-corrected chi connectivity index (χ2v) is 10.1. The number of aliphatic hydroxyl groups excluding tert-OH is 1. The Labute approximate surface area is 244 Å². The van der Waals surface area contributed by atoms with Gasteiger partial charge in [0.05, 0.1) is 53.9 Å². The molecule has 11 nitrogen and oxygen atoms in total. The largest absolute Gasteiger partial charge is 0.504 e. The molecule has 0 amide bonds. The smallest absolute Gasteiger partial charge is 0.230 e. The van der Waals surface area contributed by atoms with Gasteiger partial charge >= 0.3 is 0 Å². The van der Waals surface area contributed by atoms with E-state index in [0.29, 0.717) is 36.0 Å². The van der Waals surface area contributed by atoms with Crippen molar-refractivity contribution in [3.8, 4) is 40.2 Å². The Hall–Kier alpha value is -3.90. The number of rotatable bonds is 11. The van der Waals surface area contributed by atoms with Gasteiger partial charge in [-0.1, -0.05) is 12.1 Å². The molecule has 0 aromatic heterocycles. The Morgan fingerprint density at radius 3 is 1.71 bits per heavy atom. The lowest BCUT2D eigenvalue weighted by atomic mass is 9.84. The van der Waals surface area contributed by atoms with Crippen molar-refractivity contribution in [3.05, 3.63) is 65.2 Å². The van der Waals surface area contributed by atoms with Crippen molar-refractivity contribution < 1.29 is 53.2 Å². The van der Waals surface area contributed by atoms with Gasteiger partial charge in [-0.05, 0) is 53.1 Å². The summed E-state index contributed by atoms with van der Waals surface area (Å²) in [6.07, 6.45) is -2.87. The summed E-state index contributed by atoms with van der Waals surface area (Å²) in [7, 11) is 7.37. The number of phenolic OH excluding ortho intramolecular Hbond substituents is 2. The first-order valence-electron chi connectivity index (χ1n) is 13.4. The number of hydrogen-bond donors (Lipinski definition) is 3. The molecule has 0 radical (unpaired) electrons. The van der Waals surface area contributed by atoms with Crippen LogP contribution < -0.4 is 23.7 Å². The van der Waals surface area contributed by atoms with Gasteiger partial charge in [-0.3, -0.25) is 0 Å². The highest BCUT2D eigenvalue weighted by atomic mass is 16.7. The number of fused-ring (bicyclic) bond motifs is 1. The Bertz CT molecular complexity index is 1370. The van der Waals surface area contributed by atoms with Crippen molar-refractivity contribution in [2.24, 2.45) is 11.8 Å². The summed E-state index contributed by atoms with van der Waals surface area (Å²) < 4.78 is 45.9. The zero-order valence-electron chi connectivity index (χ0n) is 24.1. The molecule has 2 fully saturated rings. The minimum atomic E-state index is -1.23. The predicted octanol–water partition coefficient (Wildman–Crippen LogP) is 4.29. The molecule has 6 atom stereocenters. The summed E-state index contributed by atoms with van der Waals surface area (Å²) in [5, 5.41) is 31.0. The van der Waals surface area contributed by atoms with E-state index in [9.17, 15) is 15.3 Å². The van der Waals surface area contributed by atoms with E-state index < -0.39 is 12.4 Å². The summed E-state index contributed by atoms with van der Waals surface area (Å²) in [6.45, 7) is 0.972. The van der Waals surface area contributed by atoms with E-state index >= 15 is 0 Å². The number of methoxy groups -OCH3 is 5. The Morgan fingerprint density at radius 2 is 1.17 bits per heavy atom. The van der Waals surface area contributed by atoms with E-state index in [0.717, 1.165) is 11.1 Å². The van der Waals surface area contributed by atoms with Crippen LogP contribution in [0.15, 0.2) is 48.5 Å². The van der Waals surface area contributed by atoms with Crippen molar-refractivity contribution in [1.29, 1.82) is 0 Å². The molecule has 2 aliphatic heterocycles. The van der Waals surface area contributed by atoms with E-state index in [4.69, 9.17) is 37.9 Å². The number of benzene rings is 3. The van der Waals surface area contributed by atoms with Gasteiger partial charge in [-0.25, -0.2) is 0 Å². The molecule has 226 valence electrons. The summed E-state index contributed by atoms with van der Waals surface area (Å²) in [4.78, 5) is 0. The highest BCUT2D eigenvalue weighted by molar-refractivity contribution is 5.55. The molecule has 0 spiro atoms. The highest BCUT2D eigenvalue weighted by Gasteiger charge is 2.48. The molecule has 42 heavy (non-hydrogen) atoms. The van der Waals surface area contributed by atoms with E-state index in [1.54, 1.807) is 18.2 Å². The highest BCUT2D eigenvalue weighted by Crippen LogP contribution is 2.53. The van der Waals surface area contributed by atoms with Crippen LogP contribution in [0.4, 0.5) is 0 Å². The Morgan fingerprint density at radius 1 is 0.667 bits per heavy atom. The maximum atomic E-state index is 11.1. The quantitative estimate of drug-likeness (QED) is 0.279. The van der Waals surface area contributed by atoms with Crippen LogP contribution in [-0.2, 0) is 14.2 Å². The first-order valence-corrected chi connectivity index (χ1v) is 13.4. The first kappa shape index (κ1) is 29.6. The van der Waals surface area contributed by atoms with Crippen molar-refractivity contribution in [1.82, 2.24) is 0 Å². The minimum absolute atomic E-state index is 0.0552. The standard InChI is InChI=1S/C31H36O11/c1-35-23-10-16(6-8-21(23)32)27(34)31(39-5)42-30-25(37-3)12-18(13-26(30)38-4)29-20-15-40-28(19(20)14-41-29)17-7-9-22(33)24(11-17)36-2/h6-13,19-20,27-29,31-34H,14-15H2,1-5H3. The lowest BCUT2D eigenvalue weighted by molar-refractivity contribution is -0.130. The predicted molar refractivity (Wildman–Crippen MR) is 150 cm³/mol. The van der Waals surface area contributed by atoms with E-state index in [-0.39, 0.29) is 47.0 Å². The van der Waals surface area contributed by atoms with Gasteiger partial charge in [0.2, 0.25) is 12.0 Å². The van der Waals surface area contributed by atoms with E-state index in [1.165, 1.54) is 47.7 Å². The Balaban J connectivity index is 1.39. The van der Waals surface area contributed by atoms with E-state index in [1.807, 2.05) is 18.2 Å². The van der Waals surface area contributed by atoms with Crippen LogP contribution >= 0.6 is 0 Å². The van der Waals surface area contributed by atoms with Crippen LogP contribution in [0.2, 0.25) is 0 Å². The van der Waals surface area contributed by atoms with Gasteiger partial charge in [0.1, 0.15) is 6.10 Å². The molecular weight excluding hydrogens is 548 g/mol. The zero-order valence-corrected chi connectivity index (χ0v) is 24.1. The van der Waals surface area contributed by atoms with Gasteiger partial charge in [0, 0.05) is 18.9 Å². The molecule has 0 aliphatic carbocycles. The van der Waals surface area contributed by atoms with Gasteiger partial charge in [0.25, 0.3) is 0 Å². The van der Waals surface area contributed by atoms with Crippen LogP contribution in [0.1, 0.15) is 35.0 Å². The number of aromatic hydroxyl groups is 2. The van der Waals surface area contributed by atoms with Gasteiger partial charge in [-0.15, -0.1) is 0 Å². The third-order valence-electron chi connectivity index (χ3n) is 7.88. The minimum Gasteiger partial charge on any atom is -0.504 e. The lowest BCUT2D eigenvalue weighted by Crippen LogP contribution is -2.27. The third-order valence-corrected chi connectivity index (χ3v) is 7.88. The first-order chi connectivity index (χ1) is 20.3. The molecule has 11 heteroatoms. The molecule has 2 saturated heterocycles. The Kier molecular flexibility index (Phi) is 8.83. The summed E-state index contributed by atoms with van der Waals surface area (Å²) in [5.74, 6) is 1.75. The third kappa shape index (κ3) is 5.48. The SMILES string of the molecule is COc1cc(C(O)C(OC)Oc2c(OC)cc(C3OCC4C(c5ccc(O)c(OC)c5)OCC34)cc2OC)ccc1O. The van der Waals surface area contributed by atoms with Crippen LogP contribution in [-0.4, -0.2) is 70.4 Å². The average molecular weight is 585 g/mol. The van der Waals surface area contributed by atoms with E-state index in [2.05, 4.69) is 0 Å². The van der Waals surface area contributed by atoms with Gasteiger partial charge in [-0.2, -0.15) is 0 Å². The number of aliphatic hydroxyl groups is 1. The van der Waals surface area contributed by atoms with Crippen LogP contribution in [0.25, 0.3) is 0 Å². The maximum Gasteiger partial charge on any atom is 0.230 e. The molecule has 3 aromatic carbocycles. The van der Waals surface area contributed by atoms with Crippen LogP contribution in [0.5, 0.6) is 40.2 Å². The second kappa shape index (κ2) is 12.5. The zero-order chi connectivity index (χ0) is 30.0. The van der Waals surface area contributed by atoms with Crippen LogP contribution in [0, 0.1) is 11.8 Å². The van der Waals surface area contributed by atoms with Crippen molar-refractivity contribution in [2.45, 2.75) is 24.6 Å². The molecule has 6 unspecified atom stereocenters. The van der Waals surface area contributed by atoms with Gasteiger partial charge < -0.3 is 53.2 Å². The monoisotopic (exact) mass is 584 g/mol. The number of hydrogen-bond acceptors (Lipinski definition) is 11. The molecule has 0 bridgehead atoms. The maximum absolute atomic E-state index is 11.1. The topological polar surface area (TPSA) is 135 Å². The number of phenols is 2. The second-order valence-electron chi connectivity index (χ2n) is 10.1. The fourth-order valence-electron chi connectivity index (χ4n) is 5.68. The molecule has 3 N–H and O–H groups in total. The fourth-order valence-corrected chi connectivity index (χ4v) is 5.68. The molecule has 5 rings (SSSR count). The summed E-state index contributed by atoms with van der Waals surface area (Å²) in [6, 6.07) is 13.4. The molecule has 3 aromatic rings. The van der Waals surface area contributed by atoms with Crippen molar-refractivity contribution >= 4 is 0 Å².